The second kappa shape index (κ2) is 7.60. The van der Waals surface area contributed by atoms with E-state index in [1.54, 1.807) is 19.1 Å². The first kappa shape index (κ1) is 16.9. The molecule has 1 saturated carbocycles. The highest BCUT2D eigenvalue weighted by molar-refractivity contribution is 5.94. The molecule has 2 atom stereocenters. The summed E-state index contributed by atoms with van der Waals surface area (Å²) in [5.41, 5.74) is 6.66. The molecule has 112 valence electrons. The number of carbonyl (C=O) groups excluding carboxylic acids is 1. The fraction of sp³-hybridized carbons (Fsp3) is 0.533. The molecule has 2 rings (SSSR count). The molecule has 1 aromatic carbocycles. The van der Waals surface area contributed by atoms with Crippen molar-refractivity contribution in [3.63, 3.8) is 0 Å². The van der Waals surface area contributed by atoms with Crippen molar-refractivity contribution in [3.05, 3.63) is 35.1 Å². The van der Waals surface area contributed by atoms with Crippen LogP contribution in [0.2, 0.25) is 0 Å². The maximum absolute atomic E-state index is 13.7. The Morgan fingerprint density at radius 2 is 2.10 bits per heavy atom. The van der Waals surface area contributed by atoms with Crippen LogP contribution in [-0.2, 0) is 0 Å². The zero-order valence-electron chi connectivity index (χ0n) is 11.7. The van der Waals surface area contributed by atoms with Crippen LogP contribution in [0.4, 0.5) is 4.39 Å². The molecule has 3 N–H and O–H groups in total. The van der Waals surface area contributed by atoms with E-state index in [9.17, 15) is 9.18 Å². The van der Waals surface area contributed by atoms with Crippen LogP contribution in [-0.4, -0.2) is 18.5 Å². The lowest BCUT2D eigenvalue weighted by molar-refractivity contribution is 0.0904. The van der Waals surface area contributed by atoms with Gasteiger partial charge in [0.05, 0.1) is 5.56 Å². The molecule has 3 nitrogen and oxygen atoms in total. The Hall–Kier alpha value is -1.13. The van der Waals surface area contributed by atoms with Gasteiger partial charge in [-0.2, -0.15) is 0 Å². The molecule has 20 heavy (non-hydrogen) atoms. The number of benzene rings is 1. The third-order valence-corrected chi connectivity index (χ3v) is 3.90. The number of aryl methyl sites for hydroxylation is 1. The number of nitrogens with two attached hydrogens (primary N) is 1. The van der Waals surface area contributed by atoms with Gasteiger partial charge in [-0.1, -0.05) is 18.9 Å². The fourth-order valence-corrected chi connectivity index (χ4v) is 2.73. The van der Waals surface area contributed by atoms with Gasteiger partial charge >= 0.3 is 0 Å². The molecule has 0 spiro atoms. The zero-order valence-corrected chi connectivity index (χ0v) is 12.5. The van der Waals surface area contributed by atoms with Crippen molar-refractivity contribution in [2.75, 3.05) is 6.54 Å². The number of halogens is 2. The van der Waals surface area contributed by atoms with Gasteiger partial charge in [-0.25, -0.2) is 4.39 Å². The van der Waals surface area contributed by atoms with Crippen LogP contribution in [0.3, 0.4) is 0 Å². The monoisotopic (exact) mass is 300 g/mol. The molecule has 1 aliphatic carbocycles. The lowest BCUT2D eigenvalue weighted by Gasteiger charge is -2.31. The highest BCUT2D eigenvalue weighted by Crippen LogP contribution is 2.24. The van der Waals surface area contributed by atoms with E-state index in [-0.39, 0.29) is 29.9 Å². The normalized spacial score (nSPS) is 21.9. The number of hydrogen-bond donors (Lipinski definition) is 2. The van der Waals surface area contributed by atoms with Gasteiger partial charge in [0, 0.05) is 6.04 Å². The van der Waals surface area contributed by atoms with Crippen molar-refractivity contribution < 1.29 is 9.18 Å². The number of nitrogens with one attached hydrogen (secondary N) is 1. The van der Waals surface area contributed by atoms with E-state index < -0.39 is 5.82 Å². The summed E-state index contributed by atoms with van der Waals surface area (Å²) in [5, 5.41) is 2.94. The molecule has 1 amide bonds. The van der Waals surface area contributed by atoms with Gasteiger partial charge in [0.15, 0.2) is 0 Å². The van der Waals surface area contributed by atoms with Crippen molar-refractivity contribution in [2.24, 2.45) is 11.7 Å². The second-order valence-electron chi connectivity index (χ2n) is 5.34. The first-order valence-electron chi connectivity index (χ1n) is 6.89. The highest BCUT2D eigenvalue weighted by atomic mass is 35.5. The molecule has 0 radical (unpaired) electrons. The largest absolute Gasteiger partial charge is 0.349 e. The Morgan fingerprint density at radius 3 is 2.75 bits per heavy atom. The fourth-order valence-electron chi connectivity index (χ4n) is 2.73. The summed E-state index contributed by atoms with van der Waals surface area (Å²) >= 11 is 0. The Morgan fingerprint density at radius 1 is 1.40 bits per heavy atom. The Kier molecular flexibility index (Phi) is 6.43. The Balaban J connectivity index is 0.00000200. The van der Waals surface area contributed by atoms with Gasteiger partial charge < -0.3 is 11.1 Å². The summed E-state index contributed by atoms with van der Waals surface area (Å²) in [5.74, 6) is -0.480. The van der Waals surface area contributed by atoms with E-state index in [0.29, 0.717) is 12.5 Å². The van der Waals surface area contributed by atoms with Gasteiger partial charge in [-0.15, -0.1) is 12.4 Å². The predicted molar refractivity (Wildman–Crippen MR) is 80.7 cm³/mol. The number of rotatable bonds is 3. The van der Waals surface area contributed by atoms with E-state index >= 15 is 0 Å². The molecule has 0 bridgehead atoms. The van der Waals surface area contributed by atoms with Gasteiger partial charge in [0.1, 0.15) is 5.82 Å². The van der Waals surface area contributed by atoms with Crippen molar-refractivity contribution in [2.45, 2.75) is 38.6 Å². The zero-order chi connectivity index (χ0) is 13.8. The van der Waals surface area contributed by atoms with Crippen molar-refractivity contribution >= 4 is 18.3 Å². The van der Waals surface area contributed by atoms with Crippen molar-refractivity contribution in [1.29, 1.82) is 0 Å². The average molecular weight is 301 g/mol. The van der Waals surface area contributed by atoms with Crippen molar-refractivity contribution in [1.82, 2.24) is 5.32 Å². The summed E-state index contributed by atoms with van der Waals surface area (Å²) in [7, 11) is 0. The Labute approximate surface area is 125 Å². The van der Waals surface area contributed by atoms with E-state index in [0.717, 1.165) is 31.2 Å². The number of hydrogen-bond acceptors (Lipinski definition) is 2. The van der Waals surface area contributed by atoms with Crippen LogP contribution in [0.5, 0.6) is 0 Å². The summed E-state index contributed by atoms with van der Waals surface area (Å²) < 4.78 is 13.7. The molecule has 0 aromatic heterocycles. The minimum atomic E-state index is -0.461. The third kappa shape index (κ3) is 3.93. The molecule has 2 unspecified atom stereocenters. The van der Waals surface area contributed by atoms with Crippen LogP contribution < -0.4 is 11.1 Å². The van der Waals surface area contributed by atoms with Crippen LogP contribution in [0.15, 0.2) is 18.2 Å². The van der Waals surface area contributed by atoms with E-state index in [1.807, 2.05) is 0 Å². The molecule has 0 heterocycles. The highest BCUT2D eigenvalue weighted by Gasteiger charge is 2.26. The van der Waals surface area contributed by atoms with Crippen LogP contribution in [0.25, 0.3) is 0 Å². The average Bonchev–Trinajstić information content (AvgIpc) is 2.39. The summed E-state index contributed by atoms with van der Waals surface area (Å²) in [6.45, 7) is 2.37. The molecule has 1 aliphatic rings. The topological polar surface area (TPSA) is 55.1 Å². The van der Waals surface area contributed by atoms with Crippen LogP contribution in [0.1, 0.15) is 41.6 Å². The van der Waals surface area contributed by atoms with Crippen LogP contribution in [0, 0.1) is 18.7 Å². The summed E-state index contributed by atoms with van der Waals surface area (Å²) in [6.07, 6.45) is 4.23. The van der Waals surface area contributed by atoms with E-state index in [4.69, 9.17) is 5.73 Å². The first-order valence-corrected chi connectivity index (χ1v) is 6.89. The minimum Gasteiger partial charge on any atom is -0.349 e. The molecule has 1 aromatic rings. The van der Waals surface area contributed by atoms with Crippen molar-refractivity contribution in [3.8, 4) is 0 Å². The predicted octanol–water partition coefficient (Wildman–Crippen LogP) is 2.80. The van der Waals surface area contributed by atoms with Gasteiger partial charge in [-0.05, 0) is 49.9 Å². The van der Waals surface area contributed by atoms with Gasteiger partial charge in [-0.3, -0.25) is 4.79 Å². The van der Waals surface area contributed by atoms with E-state index in [1.165, 1.54) is 6.07 Å². The number of amides is 1. The second-order valence-corrected chi connectivity index (χ2v) is 5.34. The molecule has 1 fully saturated rings. The molecule has 0 aliphatic heterocycles. The summed E-state index contributed by atoms with van der Waals surface area (Å²) in [6, 6.07) is 4.75. The quantitative estimate of drug-likeness (QED) is 0.902. The van der Waals surface area contributed by atoms with E-state index in [2.05, 4.69) is 5.32 Å². The maximum atomic E-state index is 13.7. The smallest absolute Gasteiger partial charge is 0.254 e. The molecular weight excluding hydrogens is 279 g/mol. The lowest BCUT2D eigenvalue weighted by atomic mass is 9.84. The lowest BCUT2D eigenvalue weighted by Crippen LogP contribution is -2.44. The first-order chi connectivity index (χ1) is 9.11. The minimum absolute atomic E-state index is 0. The van der Waals surface area contributed by atoms with Gasteiger partial charge in [0.25, 0.3) is 5.91 Å². The summed E-state index contributed by atoms with van der Waals surface area (Å²) in [4.78, 5) is 12.1. The molecule has 0 saturated heterocycles. The van der Waals surface area contributed by atoms with Crippen LogP contribution >= 0.6 is 12.4 Å². The van der Waals surface area contributed by atoms with Gasteiger partial charge in [0.2, 0.25) is 0 Å². The standard InChI is InChI=1S/C15H21FN2O.ClH/c1-10-6-7-12(13(16)8-10)15(19)18-14-5-3-2-4-11(14)9-17;/h6-8,11,14H,2-5,9,17H2,1H3,(H,18,19);1H. The maximum Gasteiger partial charge on any atom is 0.254 e. The molecule has 5 heteroatoms. The Bertz CT molecular complexity index is 467. The SMILES string of the molecule is Cc1ccc(C(=O)NC2CCCCC2CN)c(F)c1.Cl. The molecular formula is C15H22ClFN2O. The number of carbonyl (C=O) groups is 1. The third-order valence-electron chi connectivity index (χ3n) is 3.90.